The third-order valence-electron chi connectivity index (χ3n) is 2.09. The van der Waals surface area contributed by atoms with Gasteiger partial charge in [-0.05, 0) is 30.7 Å². The van der Waals surface area contributed by atoms with Crippen molar-refractivity contribution < 1.29 is 14.3 Å². The monoisotopic (exact) mass is 238 g/mol. The Kier molecular flexibility index (Phi) is 8.84. The van der Waals surface area contributed by atoms with Crippen molar-refractivity contribution in [2.45, 2.75) is 33.6 Å². The number of benzene rings is 1. The first-order valence-electron chi connectivity index (χ1n) is 5.66. The summed E-state index contributed by atoms with van der Waals surface area (Å²) in [5.74, 6) is 1.63. The van der Waals surface area contributed by atoms with Gasteiger partial charge in [-0.2, -0.15) is 0 Å². The lowest BCUT2D eigenvalue weighted by atomic mass is 10.3. The topological polar surface area (TPSA) is 35.5 Å². The van der Waals surface area contributed by atoms with Crippen LogP contribution in [0, 0.1) is 0 Å². The number of rotatable bonds is 8. The summed E-state index contributed by atoms with van der Waals surface area (Å²) in [7, 11) is 0. The number of carbonyl (C=O) groups excluding carboxylic acids is 1. The number of unbranched alkanes of at least 4 members (excludes halogenated alkanes) is 1. The SMILES string of the molecule is C.CCCCOc1ccc(OCCC=O)cc1. The summed E-state index contributed by atoms with van der Waals surface area (Å²) >= 11 is 0. The minimum atomic E-state index is 0. The Labute approximate surface area is 104 Å². The summed E-state index contributed by atoms with van der Waals surface area (Å²) in [6, 6.07) is 7.47. The molecule has 17 heavy (non-hydrogen) atoms. The third-order valence-corrected chi connectivity index (χ3v) is 2.09. The van der Waals surface area contributed by atoms with Gasteiger partial charge in [-0.3, -0.25) is 0 Å². The van der Waals surface area contributed by atoms with Crippen LogP contribution >= 0.6 is 0 Å². The number of ether oxygens (including phenoxy) is 2. The van der Waals surface area contributed by atoms with Crippen LogP contribution in [0.15, 0.2) is 24.3 Å². The first kappa shape index (κ1) is 15.5. The van der Waals surface area contributed by atoms with Crippen LogP contribution in [0.3, 0.4) is 0 Å². The fourth-order valence-electron chi connectivity index (χ4n) is 1.19. The number of carbonyl (C=O) groups is 1. The van der Waals surface area contributed by atoms with Gasteiger partial charge in [0.25, 0.3) is 0 Å². The van der Waals surface area contributed by atoms with Crippen LogP contribution in [0.2, 0.25) is 0 Å². The Morgan fingerprint density at radius 3 is 2.06 bits per heavy atom. The highest BCUT2D eigenvalue weighted by Gasteiger charge is 1.96. The highest BCUT2D eigenvalue weighted by molar-refractivity contribution is 5.49. The molecule has 0 spiro atoms. The van der Waals surface area contributed by atoms with Crippen molar-refractivity contribution in [3.8, 4) is 11.5 Å². The van der Waals surface area contributed by atoms with Gasteiger partial charge in [0.05, 0.1) is 13.2 Å². The first-order valence-corrected chi connectivity index (χ1v) is 5.66. The molecule has 0 unspecified atom stereocenters. The zero-order valence-electron chi connectivity index (χ0n) is 9.65. The molecule has 0 aliphatic rings. The zero-order chi connectivity index (χ0) is 11.6. The molecule has 0 amide bonds. The molecule has 0 N–H and O–H groups in total. The molecule has 0 fully saturated rings. The lowest BCUT2D eigenvalue weighted by Gasteiger charge is -2.07. The standard InChI is InChI=1S/C13H18O3.CH4/c1-2-3-10-15-12-5-7-13(8-6-12)16-11-4-9-14;/h5-9H,2-4,10-11H2,1H3;1H4. The van der Waals surface area contributed by atoms with Gasteiger partial charge in [-0.1, -0.05) is 20.8 Å². The average Bonchev–Trinajstić information content (AvgIpc) is 2.32. The molecule has 0 aromatic heterocycles. The number of aldehydes is 1. The van der Waals surface area contributed by atoms with E-state index in [0.29, 0.717) is 13.0 Å². The summed E-state index contributed by atoms with van der Waals surface area (Å²) in [6.45, 7) is 3.31. The van der Waals surface area contributed by atoms with Crippen molar-refractivity contribution in [1.82, 2.24) is 0 Å². The van der Waals surface area contributed by atoms with Gasteiger partial charge in [0, 0.05) is 6.42 Å². The molecule has 0 bridgehead atoms. The second-order valence-corrected chi connectivity index (χ2v) is 3.48. The molecule has 1 aromatic rings. The van der Waals surface area contributed by atoms with Gasteiger partial charge in [0.15, 0.2) is 0 Å². The molecular weight excluding hydrogens is 216 g/mol. The Morgan fingerprint density at radius 2 is 1.59 bits per heavy atom. The third kappa shape index (κ3) is 6.61. The maximum absolute atomic E-state index is 10.1. The highest BCUT2D eigenvalue weighted by atomic mass is 16.5. The van der Waals surface area contributed by atoms with E-state index in [-0.39, 0.29) is 7.43 Å². The Morgan fingerprint density at radius 1 is 1.06 bits per heavy atom. The van der Waals surface area contributed by atoms with Gasteiger partial charge in [-0.25, -0.2) is 0 Å². The van der Waals surface area contributed by atoms with E-state index in [2.05, 4.69) is 6.92 Å². The van der Waals surface area contributed by atoms with Crippen molar-refractivity contribution in [2.24, 2.45) is 0 Å². The minimum Gasteiger partial charge on any atom is -0.494 e. The van der Waals surface area contributed by atoms with E-state index in [1.54, 1.807) is 0 Å². The Balaban J connectivity index is 0.00000256. The largest absolute Gasteiger partial charge is 0.494 e. The van der Waals surface area contributed by atoms with E-state index >= 15 is 0 Å². The fraction of sp³-hybridized carbons (Fsp3) is 0.500. The predicted molar refractivity (Wildman–Crippen MR) is 69.8 cm³/mol. The van der Waals surface area contributed by atoms with Crippen LogP contribution in [0.4, 0.5) is 0 Å². The minimum absolute atomic E-state index is 0. The van der Waals surface area contributed by atoms with Gasteiger partial charge in [0.1, 0.15) is 17.8 Å². The summed E-state index contributed by atoms with van der Waals surface area (Å²) < 4.78 is 10.9. The molecule has 3 heteroatoms. The van der Waals surface area contributed by atoms with Crippen LogP contribution in [0.25, 0.3) is 0 Å². The number of hydrogen-bond donors (Lipinski definition) is 0. The van der Waals surface area contributed by atoms with E-state index in [1.807, 2.05) is 24.3 Å². The first-order chi connectivity index (χ1) is 7.86. The molecule has 0 aliphatic carbocycles. The number of hydrogen-bond acceptors (Lipinski definition) is 3. The molecule has 3 nitrogen and oxygen atoms in total. The van der Waals surface area contributed by atoms with E-state index in [4.69, 9.17) is 9.47 Å². The van der Waals surface area contributed by atoms with E-state index in [9.17, 15) is 4.79 Å². The molecule has 0 radical (unpaired) electrons. The van der Waals surface area contributed by atoms with Crippen molar-refractivity contribution in [3.63, 3.8) is 0 Å². The second-order valence-electron chi connectivity index (χ2n) is 3.48. The summed E-state index contributed by atoms with van der Waals surface area (Å²) in [4.78, 5) is 10.1. The van der Waals surface area contributed by atoms with Gasteiger partial charge < -0.3 is 14.3 Å². The van der Waals surface area contributed by atoms with Crippen molar-refractivity contribution in [1.29, 1.82) is 0 Å². The van der Waals surface area contributed by atoms with Crippen LogP contribution < -0.4 is 9.47 Å². The zero-order valence-corrected chi connectivity index (χ0v) is 9.65. The van der Waals surface area contributed by atoms with Crippen molar-refractivity contribution in [2.75, 3.05) is 13.2 Å². The summed E-state index contributed by atoms with van der Waals surface area (Å²) in [5, 5.41) is 0. The molecule has 0 heterocycles. The van der Waals surface area contributed by atoms with Crippen LogP contribution in [-0.4, -0.2) is 19.5 Å². The van der Waals surface area contributed by atoms with Crippen molar-refractivity contribution in [3.05, 3.63) is 24.3 Å². The summed E-state index contributed by atoms with van der Waals surface area (Å²) in [6.07, 6.45) is 3.47. The maximum atomic E-state index is 10.1. The molecule has 1 aromatic carbocycles. The maximum Gasteiger partial charge on any atom is 0.123 e. The molecular formula is C14H22O3. The molecule has 1 rings (SSSR count). The van der Waals surface area contributed by atoms with E-state index in [1.165, 1.54) is 0 Å². The van der Waals surface area contributed by atoms with Gasteiger partial charge >= 0.3 is 0 Å². The lowest BCUT2D eigenvalue weighted by Crippen LogP contribution is -1.98. The second kappa shape index (κ2) is 9.70. The average molecular weight is 238 g/mol. The van der Waals surface area contributed by atoms with Gasteiger partial charge in [-0.15, -0.1) is 0 Å². The Bertz CT molecular complexity index is 293. The van der Waals surface area contributed by atoms with E-state index < -0.39 is 0 Å². The molecule has 0 atom stereocenters. The molecule has 0 saturated heterocycles. The lowest BCUT2D eigenvalue weighted by molar-refractivity contribution is -0.108. The smallest absolute Gasteiger partial charge is 0.123 e. The van der Waals surface area contributed by atoms with E-state index in [0.717, 1.165) is 37.2 Å². The highest BCUT2D eigenvalue weighted by Crippen LogP contribution is 2.17. The quantitative estimate of drug-likeness (QED) is 0.514. The van der Waals surface area contributed by atoms with Crippen LogP contribution in [0.1, 0.15) is 33.6 Å². The fourth-order valence-corrected chi connectivity index (χ4v) is 1.19. The van der Waals surface area contributed by atoms with Crippen molar-refractivity contribution >= 4 is 6.29 Å². The molecule has 0 aliphatic heterocycles. The molecule has 0 saturated carbocycles. The van der Waals surface area contributed by atoms with Crippen LogP contribution in [0.5, 0.6) is 11.5 Å². The predicted octanol–water partition coefficient (Wildman–Crippen LogP) is 3.47. The normalized spacial score (nSPS) is 9.24. The van der Waals surface area contributed by atoms with Gasteiger partial charge in [0.2, 0.25) is 0 Å². The van der Waals surface area contributed by atoms with Crippen LogP contribution in [-0.2, 0) is 4.79 Å². The summed E-state index contributed by atoms with van der Waals surface area (Å²) in [5.41, 5.74) is 0. The molecule has 96 valence electrons. The Hall–Kier alpha value is -1.51.